The molecule has 0 saturated carbocycles. The third-order valence-corrected chi connectivity index (χ3v) is 3.52. The summed E-state index contributed by atoms with van der Waals surface area (Å²) < 4.78 is 0. The Morgan fingerprint density at radius 2 is 2.18 bits per heavy atom. The zero-order chi connectivity index (χ0) is 12.4. The van der Waals surface area contributed by atoms with Crippen LogP contribution in [0.2, 0.25) is 0 Å². The maximum absolute atomic E-state index is 11.4. The van der Waals surface area contributed by atoms with Crippen LogP contribution in [0.25, 0.3) is 0 Å². The standard InChI is InChI=1S/C11H19N3O3/c1-8-7-13(3-2-9(8)15)4-5-14-10(16)6-12-11(14)17/h8-9,15H,2-7H2,1H3,(H,12,17). The van der Waals surface area contributed by atoms with Gasteiger partial charge in [-0.2, -0.15) is 0 Å². The van der Waals surface area contributed by atoms with Gasteiger partial charge in [0.15, 0.2) is 0 Å². The largest absolute Gasteiger partial charge is 0.393 e. The molecule has 2 atom stereocenters. The van der Waals surface area contributed by atoms with Crippen LogP contribution in [-0.2, 0) is 4.79 Å². The van der Waals surface area contributed by atoms with Gasteiger partial charge >= 0.3 is 6.03 Å². The molecule has 2 rings (SSSR count). The lowest BCUT2D eigenvalue weighted by atomic mass is 9.97. The number of rotatable bonds is 3. The summed E-state index contributed by atoms with van der Waals surface area (Å²) in [5, 5.41) is 12.1. The van der Waals surface area contributed by atoms with Gasteiger partial charge in [0, 0.05) is 26.2 Å². The summed E-state index contributed by atoms with van der Waals surface area (Å²) in [5.74, 6) is 0.104. The average molecular weight is 241 g/mol. The molecule has 2 heterocycles. The van der Waals surface area contributed by atoms with Crippen LogP contribution in [0.4, 0.5) is 4.79 Å². The smallest absolute Gasteiger partial charge is 0.324 e. The van der Waals surface area contributed by atoms with Gasteiger partial charge in [0.2, 0.25) is 5.91 Å². The molecular weight excluding hydrogens is 222 g/mol. The van der Waals surface area contributed by atoms with Crippen molar-refractivity contribution in [1.29, 1.82) is 0 Å². The summed E-state index contributed by atoms with van der Waals surface area (Å²) in [6.45, 7) is 4.92. The third kappa shape index (κ3) is 2.76. The fraction of sp³-hybridized carbons (Fsp3) is 0.818. The molecule has 17 heavy (non-hydrogen) atoms. The summed E-state index contributed by atoms with van der Waals surface area (Å²) >= 11 is 0. The second-order valence-electron chi connectivity index (χ2n) is 4.84. The van der Waals surface area contributed by atoms with Crippen molar-refractivity contribution in [2.45, 2.75) is 19.4 Å². The molecule has 0 aromatic heterocycles. The number of carbonyl (C=O) groups is 2. The van der Waals surface area contributed by atoms with Gasteiger partial charge in [0.25, 0.3) is 0 Å². The molecule has 6 heteroatoms. The minimum absolute atomic E-state index is 0.119. The highest BCUT2D eigenvalue weighted by Gasteiger charge is 2.30. The van der Waals surface area contributed by atoms with Crippen molar-refractivity contribution in [3.05, 3.63) is 0 Å². The summed E-state index contributed by atoms with van der Waals surface area (Å²) in [7, 11) is 0. The number of piperidine rings is 1. The molecule has 2 N–H and O–H groups in total. The second-order valence-corrected chi connectivity index (χ2v) is 4.84. The Balaban J connectivity index is 1.79. The van der Waals surface area contributed by atoms with Crippen LogP contribution < -0.4 is 5.32 Å². The second kappa shape index (κ2) is 5.01. The van der Waals surface area contributed by atoms with Gasteiger partial charge in [0.05, 0.1) is 12.6 Å². The third-order valence-electron chi connectivity index (χ3n) is 3.52. The number of aliphatic hydroxyl groups is 1. The molecule has 2 saturated heterocycles. The lowest BCUT2D eigenvalue weighted by Gasteiger charge is -2.34. The molecule has 2 fully saturated rings. The quantitative estimate of drug-likeness (QED) is 0.637. The van der Waals surface area contributed by atoms with Gasteiger partial charge < -0.3 is 15.3 Å². The summed E-state index contributed by atoms with van der Waals surface area (Å²) in [6, 6.07) is -0.292. The van der Waals surface area contributed by atoms with Crippen LogP contribution >= 0.6 is 0 Å². The number of hydrogen-bond donors (Lipinski definition) is 2. The fourth-order valence-electron chi connectivity index (χ4n) is 2.35. The number of imide groups is 1. The van der Waals surface area contributed by atoms with Crippen molar-refractivity contribution in [3.63, 3.8) is 0 Å². The minimum Gasteiger partial charge on any atom is -0.393 e. The molecule has 0 aromatic rings. The van der Waals surface area contributed by atoms with E-state index < -0.39 is 0 Å². The lowest BCUT2D eigenvalue weighted by Crippen LogP contribution is -2.46. The van der Waals surface area contributed by atoms with E-state index in [1.807, 2.05) is 6.92 Å². The van der Waals surface area contributed by atoms with Crippen molar-refractivity contribution < 1.29 is 14.7 Å². The normalized spacial score (nSPS) is 30.8. The highest BCUT2D eigenvalue weighted by atomic mass is 16.3. The molecule has 0 aliphatic carbocycles. The number of urea groups is 1. The lowest BCUT2D eigenvalue weighted by molar-refractivity contribution is -0.125. The molecule has 6 nitrogen and oxygen atoms in total. The number of hydrogen-bond acceptors (Lipinski definition) is 4. The minimum atomic E-state index is -0.292. The van der Waals surface area contributed by atoms with E-state index in [1.165, 1.54) is 4.90 Å². The highest BCUT2D eigenvalue weighted by Crippen LogP contribution is 2.16. The Kier molecular flexibility index (Phi) is 3.63. The van der Waals surface area contributed by atoms with E-state index in [1.54, 1.807) is 0 Å². The van der Waals surface area contributed by atoms with Gasteiger partial charge in [-0.25, -0.2) is 4.79 Å². The molecule has 2 aliphatic rings. The Hall–Kier alpha value is -1.14. The Labute approximate surface area is 101 Å². The van der Waals surface area contributed by atoms with Crippen LogP contribution in [-0.4, -0.2) is 65.7 Å². The predicted octanol–water partition coefficient (Wildman–Crippen LogP) is -0.759. The predicted molar refractivity (Wildman–Crippen MR) is 61.3 cm³/mol. The van der Waals surface area contributed by atoms with Crippen molar-refractivity contribution in [2.75, 3.05) is 32.7 Å². The Bertz CT molecular complexity index is 305. The number of amides is 3. The molecule has 3 amide bonds. The number of carbonyl (C=O) groups excluding carboxylic acids is 2. The molecule has 96 valence electrons. The Morgan fingerprint density at radius 3 is 2.76 bits per heavy atom. The van der Waals surface area contributed by atoms with Gasteiger partial charge in [-0.1, -0.05) is 6.92 Å². The topological polar surface area (TPSA) is 72.9 Å². The highest BCUT2D eigenvalue weighted by molar-refractivity contribution is 6.01. The van der Waals surface area contributed by atoms with Gasteiger partial charge in [-0.3, -0.25) is 9.69 Å². The summed E-state index contributed by atoms with van der Waals surface area (Å²) in [5.41, 5.74) is 0. The molecule has 0 spiro atoms. The first-order chi connectivity index (χ1) is 8.08. The van der Waals surface area contributed by atoms with Crippen molar-refractivity contribution >= 4 is 11.9 Å². The summed E-state index contributed by atoms with van der Waals surface area (Å²) in [4.78, 5) is 26.1. The SMILES string of the molecule is CC1CN(CCN2C(=O)CNC2=O)CCC1O. The van der Waals surface area contributed by atoms with E-state index in [0.29, 0.717) is 13.1 Å². The molecular formula is C11H19N3O3. The van der Waals surface area contributed by atoms with Crippen molar-refractivity contribution in [2.24, 2.45) is 5.92 Å². The number of nitrogens with one attached hydrogen (secondary N) is 1. The van der Waals surface area contributed by atoms with Crippen LogP contribution in [0.15, 0.2) is 0 Å². The molecule has 0 aromatic carbocycles. The number of nitrogens with zero attached hydrogens (tertiary/aromatic N) is 2. The van der Waals surface area contributed by atoms with Gasteiger partial charge in [-0.15, -0.1) is 0 Å². The first kappa shape index (κ1) is 12.3. The monoisotopic (exact) mass is 241 g/mol. The Morgan fingerprint density at radius 1 is 1.41 bits per heavy atom. The first-order valence-corrected chi connectivity index (χ1v) is 6.06. The van der Waals surface area contributed by atoms with Crippen LogP contribution in [0.5, 0.6) is 0 Å². The van der Waals surface area contributed by atoms with Crippen LogP contribution in [0, 0.1) is 5.92 Å². The van der Waals surface area contributed by atoms with E-state index in [2.05, 4.69) is 10.2 Å². The number of aliphatic hydroxyl groups excluding tert-OH is 1. The van der Waals surface area contributed by atoms with E-state index in [9.17, 15) is 14.7 Å². The van der Waals surface area contributed by atoms with Crippen molar-refractivity contribution in [3.8, 4) is 0 Å². The molecule has 2 unspecified atom stereocenters. The maximum Gasteiger partial charge on any atom is 0.324 e. The molecule has 0 radical (unpaired) electrons. The van der Waals surface area contributed by atoms with E-state index in [4.69, 9.17) is 0 Å². The van der Waals surface area contributed by atoms with Gasteiger partial charge in [-0.05, 0) is 12.3 Å². The molecule has 0 bridgehead atoms. The zero-order valence-electron chi connectivity index (χ0n) is 10.1. The maximum atomic E-state index is 11.4. The zero-order valence-corrected chi connectivity index (χ0v) is 10.1. The van der Waals surface area contributed by atoms with E-state index in [0.717, 1.165) is 19.5 Å². The fourth-order valence-corrected chi connectivity index (χ4v) is 2.35. The van der Waals surface area contributed by atoms with Crippen molar-refractivity contribution in [1.82, 2.24) is 15.1 Å². The number of likely N-dealkylation sites (tertiary alicyclic amines) is 1. The van der Waals surface area contributed by atoms with E-state index >= 15 is 0 Å². The van der Waals surface area contributed by atoms with Crippen LogP contribution in [0.1, 0.15) is 13.3 Å². The summed E-state index contributed by atoms with van der Waals surface area (Å²) in [6.07, 6.45) is 0.546. The van der Waals surface area contributed by atoms with E-state index in [-0.39, 0.29) is 30.5 Å². The average Bonchev–Trinajstić information content (AvgIpc) is 2.61. The molecule has 2 aliphatic heterocycles. The van der Waals surface area contributed by atoms with Gasteiger partial charge in [0.1, 0.15) is 0 Å². The first-order valence-electron chi connectivity index (χ1n) is 6.06. The van der Waals surface area contributed by atoms with Crippen LogP contribution in [0.3, 0.4) is 0 Å².